The van der Waals surface area contributed by atoms with Crippen molar-refractivity contribution < 1.29 is 19.1 Å². The number of amides is 1. The molecule has 1 amide bonds. The van der Waals surface area contributed by atoms with Crippen LogP contribution < -0.4 is 10.1 Å². The molecule has 5 heteroatoms. The van der Waals surface area contributed by atoms with Gasteiger partial charge in [0.05, 0.1) is 6.61 Å². The molecule has 0 aliphatic rings. The van der Waals surface area contributed by atoms with Crippen LogP contribution in [0.4, 0.5) is 5.69 Å². The van der Waals surface area contributed by atoms with Crippen LogP contribution in [0.25, 0.3) is 0 Å². The fourth-order valence-corrected chi connectivity index (χ4v) is 1.18. The lowest BCUT2D eigenvalue weighted by molar-refractivity contribution is -0.145. The SMILES string of the molecule is C#CC(=O)Nc1cccc(OCC(=O)OCC)c1. The Morgan fingerprint density at radius 1 is 1.44 bits per heavy atom. The van der Waals surface area contributed by atoms with Gasteiger partial charge in [-0.3, -0.25) is 4.79 Å². The minimum absolute atomic E-state index is 0.180. The minimum atomic E-state index is -0.544. The van der Waals surface area contributed by atoms with Crippen molar-refractivity contribution >= 4 is 17.6 Å². The van der Waals surface area contributed by atoms with Crippen molar-refractivity contribution in [3.63, 3.8) is 0 Å². The molecule has 0 atom stereocenters. The Morgan fingerprint density at radius 3 is 2.89 bits per heavy atom. The highest BCUT2D eigenvalue weighted by molar-refractivity contribution is 6.03. The number of rotatable bonds is 5. The van der Waals surface area contributed by atoms with Gasteiger partial charge in [-0.15, -0.1) is 6.42 Å². The summed E-state index contributed by atoms with van der Waals surface area (Å²) in [6.07, 6.45) is 4.94. The molecule has 1 aromatic rings. The van der Waals surface area contributed by atoms with E-state index in [1.54, 1.807) is 31.2 Å². The second kappa shape index (κ2) is 6.97. The Kier molecular flexibility index (Phi) is 5.26. The number of carbonyl (C=O) groups excluding carboxylic acids is 2. The number of benzene rings is 1. The third-order valence-corrected chi connectivity index (χ3v) is 1.89. The third-order valence-electron chi connectivity index (χ3n) is 1.89. The summed E-state index contributed by atoms with van der Waals surface area (Å²) in [4.78, 5) is 22.1. The molecule has 0 saturated heterocycles. The predicted octanol–water partition coefficient (Wildman–Crippen LogP) is 1.20. The normalized spacial score (nSPS) is 9.11. The van der Waals surface area contributed by atoms with Crippen LogP contribution in [0.15, 0.2) is 24.3 Å². The predicted molar refractivity (Wildman–Crippen MR) is 66.0 cm³/mol. The molecular weight excluding hydrogens is 234 g/mol. The first-order chi connectivity index (χ1) is 8.65. The number of esters is 1. The molecule has 1 rings (SSSR count). The van der Waals surface area contributed by atoms with Crippen LogP contribution in [0.2, 0.25) is 0 Å². The Hall–Kier alpha value is -2.48. The summed E-state index contributed by atoms with van der Waals surface area (Å²) in [5.74, 6) is 1.38. The van der Waals surface area contributed by atoms with Crippen molar-refractivity contribution in [2.24, 2.45) is 0 Å². The summed E-state index contributed by atoms with van der Waals surface area (Å²) in [5, 5.41) is 2.47. The molecule has 0 heterocycles. The van der Waals surface area contributed by atoms with E-state index >= 15 is 0 Å². The zero-order chi connectivity index (χ0) is 13.4. The van der Waals surface area contributed by atoms with E-state index in [9.17, 15) is 9.59 Å². The van der Waals surface area contributed by atoms with E-state index < -0.39 is 11.9 Å². The van der Waals surface area contributed by atoms with Crippen molar-refractivity contribution in [3.05, 3.63) is 24.3 Å². The summed E-state index contributed by atoms with van der Waals surface area (Å²) < 4.78 is 9.91. The Bertz CT molecular complexity index is 476. The van der Waals surface area contributed by atoms with Crippen molar-refractivity contribution in [1.29, 1.82) is 0 Å². The lowest BCUT2D eigenvalue weighted by Gasteiger charge is -2.07. The van der Waals surface area contributed by atoms with E-state index in [0.29, 0.717) is 18.0 Å². The smallest absolute Gasteiger partial charge is 0.344 e. The maximum absolute atomic E-state index is 11.1. The molecule has 0 unspecified atom stereocenters. The molecule has 0 spiro atoms. The summed E-state index contributed by atoms with van der Waals surface area (Å²) in [6.45, 7) is 1.84. The van der Waals surface area contributed by atoms with Crippen LogP contribution in [-0.4, -0.2) is 25.1 Å². The van der Waals surface area contributed by atoms with E-state index in [1.807, 2.05) is 5.92 Å². The molecule has 18 heavy (non-hydrogen) atoms. The highest BCUT2D eigenvalue weighted by Crippen LogP contribution is 2.17. The van der Waals surface area contributed by atoms with E-state index in [-0.39, 0.29) is 6.61 Å². The molecule has 94 valence electrons. The zero-order valence-corrected chi connectivity index (χ0v) is 9.93. The molecule has 0 aromatic heterocycles. The number of nitrogens with one attached hydrogen (secondary N) is 1. The van der Waals surface area contributed by atoms with Crippen molar-refractivity contribution in [3.8, 4) is 18.1 Å². The summed E-state index contributed by atoms with van der Waals surface area (Å²) in [5.41, 5.74) is 0.499. The molecule has 0 fully saturated rings. The van der Waals surface area contributed by atoms with Crippen LogP contribution in [0, 0.1) is 12.3 Å². The monoisotopic (exact) mass is 247 g/mol. The molecule has 1 N–H and O–H groups in total. The van der Waals surface area contributed by atoms with Gasteiger partial charge in [-0.2, -0.15) is 0 Å². The Balaban J connectivity index is 2.57. The van der Waals surface area contributed by atoms with Crippen molar-refractivity contribution in [2.75, 3.05) is 18.5 Å². The molecule has 0 radical (unpaired) electrons. The van der Waals surface area contributed by atoms with Gasteiger partial charge in [-0.1, -0.05) is 6.07 Å². The molecule has 0 saturated carbocycles. The van der Waals surface area contributed by atoms with E-state index in [2.05, 4.69) is 5.32 Å². The third kappa shape index (κ3) is 4.58. The summed E-state index contributed by atoms with van der Waals surface area (Å²) in [7, 11) is 0. The van der Waals surface area contributed by atoms with E-state index in [1.165, 1.54) is 0 Å². The molecule has 0 aliphatic carbocycles. The van der Waals surface area contributed by atoms with Crippen LogP contribution in [0.5, 0.6) is 5.75 Å². The fourth-order valence-electron chi connectivity index (χ4n) is 1.18. The fraction of sp³-hybridized carbons (Fsp3) is 0.231. The van der Waals surface area contributed by atoms with Gasteiger partial charge in [0.1, 0.15) is 5.75 Å². The van der Waals surface area contributed by atoms with Crippen LogP contribution >= 0.6 is 0 Å². The standard InChI is InChI=1S/C13H13NO4/c1-3-12(15)14-10-6-5-7-11(8-10)18-9-13(16)17-4-2/h1,5-8H,4,9H2,2H3,(H,14,15). The second-order valence-corrected chi connectivity index (χ2v) is 3.22. The van der Waals surface area contributed by atoms with Gasteiger partial charge in [0.2, 0.25) is 0 Å². The van der Waals surface area contributed by atoms with Gasteiger partial charge in [0, 0.05) is 11.8 Å². The lowest BCUT2D eigenvalue weighted by atomic mass is 10.3. The number of hydrogen-bond donors (Lipinski definition) is 1. The van der Waals surface area contributed by atoms with Gasteiger partial charge in [-0.25, -0.2) is 4.79 Å². The first-order valence-electron chi connectivity index (χ1n) is 5.31. The lowest BCUT2D eigenvalue weighted by Crippen LogP contribution is -2.14. The highest BCUT2D eigenvalue weighted by atomic mass is 16.6. The highest BCUT2D eigenvalue weighted by Gasteiger charge is 2.04. The van der Waals surface area contributed by atoms with E-state index in [4.69, 9.17) is 15.9 Å². The average molecular weight is 247 g/mol. The van der Waals surface area contributed by atoms with Gasteiger partial charge in [0.25, 0.3) is 5.91 Å². The van der Waals surface area contributed by atoms with E-state index in [0.717, 1.165) is 0 Å². The number of anilines is 1. The Labute approximate surface area is 105 Å². The van der Waals surface area contributed by atoms with Gasteiger partial charge < -0.3 is 14.8 Å². The quantitative estimate of drug-likeness (QED) is 0.627. The number of carbonyl (C=O) groups is 2. The largest absolute Gasteiger partial charge is 0.482 e. The average Bonchev–Trinajstić information content (AvgIpc) is 2.37. The number of terminal acetylenes is 1. The van der Waals surface area contributed by atoms with Crippen LogP contribution in [0.3, 0.4) is 0 Å². The second-order valence-electron chi connectivity index (χ2n) is 3.22. The summed E-state index contributed by atoms with van der Waals surface area (Å²) in [6, 6.07) is 6.55. The maximum atomic E-state index is 11.1. The number of hydrogen-bond acceptors (Lipinski definition) is 4. The van der Waals surface area contributed by atoms with Gasteiger partial charge >= 0.3 is 5.97 Å². The topological polar surface area (TPSA) is 64.6 Å². The number of ether oxygens (including phenoxy) is 2. The molecule has 0 aliphatic heterocycles. The molecule has 0 bridgehead atoms. The molecular formula is C13H13NO4. The van der Waals surface area contributed by atoms with Gasteiger partial charge in [0.15, 0.2) is 6.61 Å². The van der Waals surface area contributed by atoms with Crippen LogP contribution in [0.1, 0.15) is 6.92 Å². The van der Waals surface area contributed by atoms with Gasteiger partial charge in [-0.05, 0) is 25.0 Å². The first-order valence-corrected chi connectivity index (χ1v) is 5.31. The molecule has 1 aromatic carbocycles. The zero-order valence-electron chi connectivity index (χ0n) is 9.93. The van der Waals surface area contributed by atoms with Crippen LogP contribution in [-0.2, 0) is 14.3 Å². The maximum Gasteiger partial charge on any atom is 0.344 e. The first kappa shape index (κ1) is 13.6. The summed E-state index contributed by atoms with van der Waals surface area (Å²) >= 11 is 0. The Morgan fingerprint density at radius 2 is 2.22 bits per heavy atom. The van der Waals surface area contributed by atoms with Crippen molar-refractivity contribution in [2.45, 2.75) is 6.92 Å². The molecule has 5 nitrogen and oxygen atoms in total. The van der Waals surface area contributed by atoms with Crippen molar-refractivity contribution in [1.82, 2.24) is 0 Å². The minimum Gasteiger partial charge on any atom is -0.482 e.